The highest BCUT2D eigenvalue weighted by molar-refractivity contribution is 5.94. The number of rotatable bonds is 7. The summed E-state index contributed by atoms with van der Waals surface area (Å²) in [5, 5.41) is 2.82. The first-order chi connectivity index (χ1) is 14.0. The summed E-state index contributed by atoms with van der Waals surface area (Å²) >= 11 is 0. The number of fused-ring (bicyclic) bond motifs is 1. The lowest BCUT2D eigenvalue weighted by molar-refractivity contribution is -0.116. The Kier molecular flexibility index (Phi) is 6.29. The maximum absolute atomic E-state index is 12.0. The van der Waals surface area contributed by atoms with Crippen molar-refractivity contribution in [1.82, 2.24) is 19.8 Å². The fraction of sp³-hybridized carbons (Fsp3) is 0.227. The molecule has 1 heterocycles. The van der Waals surface area contributed by atoms with Crippen molar-refractivity contribution >= 4 is 28.9 Å². The predicted molar refractivity (Wildman–Crippen MR) is 114 cm³/mol. The third kappa shape index (κ3) is 5.01. The molecule has 29 heavy (non-hydrogen) atoms. The van der Waals surface area contributed by atoms with Crippen LogP contribution in [0.4, 0.5) is 0 Å². The number of para-hydroxylation sites is 2. The molecule has 0 atom stereocenters. The van der Waals surface area contributed by atoms with Crippen LogP contribution in [0.5, 0.6) is 0 Å². The molecule has 3 aromatic rings. The quantitative estimate of drug-likeness (QED) is 0.478. The van der Waals surface area contributed by atoms with Crippen LogP contribution in [0, 0.1) is 0 Å². The standard InChI is InChI=1S/C22H24N4O3/c1-25(2)21(28)17-11-8-16(9-12-17)10-13-20(27)23-14-5-15-26-19-7-4-3-6-18(19)24-22(26)29/h3-4,6-13H,5,14-15H2,1-2H3,(H,23,27)(H,24,29)/b13-10+. The smallest absolute Gasteiger partial charge is 0.326 e. The van der Waals surface area contributed by atoms with Crippen LogP contribution >= 0.6 is 0 Å². The molecule has 0 spiro atoms. The van der Waals surface area contributed by atoms with Gasteiger partial charge in [-0.2, -0.15) is 0 Å². The van der Waals surface area contributed by atoms with E-state index in [1.165, 1.54) is 11.0 Å². The Balaban J connectivity index is 1.48. The zero-order valence-corrected chi connectivity index (χ0v) is 16.5. The fourth-order valence-corrected chi connectivity index (χ4v) is 3.00. The van der Waals surface area contributed by atoms with Gasteiger partial charge in [0.2, 0.25) is 5.91 Å². The molecule has 0 bridgehead atoms. The Hall–Kier alpha value is -3.61. The van der Waals surface area contributed by atoms with Crippen molar-refractivity contribution in [3.05, 3.63) is 76.2 Å². The second-order valence-corrected chi connectivity index (χ2v) is 6.90. The predicted octanol–water partition coefficient (Wildman–Crippen LogP) is 2.25. The SMILES string of the molecule is CN(C)C(=O)c1ccc(/C=C/C(=O)NCCCn2c(=O)[nH]c3ccccc32)cc1. The molecule has 0 saturated heterocycles. The summed E-state index contributed by atoms with van der Waals surface area (Å²) in [5.74, 6) is -0.266. The average molecular weight is 392 g/mol. The molecule has 0 aliphatic rings. The van der Waals surface area contributed by atoms with Gasteiger partial charge in [-0.3, -0.25) is 14.2 Å². The van der Waals surface area contributed by atoms with Crippen LogP contribution in [-0.4, -0.2) is 46.9 Å². The van der Waals surface area contributed by atoms with Crippen molar-refractivity contribution in [2.24, 2.45) is 0 Å². The summed E-state index contributed by atoms with van der Waals surface area (Å²) in [4.78, 5) is 40.2. The third-order valence-corrected chi connectivity index (χ3v) is 4.53. The van der Waals surface area contributed by atoms with Crippen molar-refractivity contribution in [2.45, 2.75) is 13.0 Å². The molecular weight excluding hydrogens is 368 g/mol. The molecule has 0 fully saturated rings. The number of aromatic nitrogens is 2. The Morgan fingerprint density at radius 1 is 1.10 bits per heavy atom. The number of H-pyrrole nitrogens is 1. The lowest BCUT2D eigenvalue weighted by atomic mass is 10.1. The van der Waals surface area contributed by atoms with Crippen LogP contribution in [0.15, 0.2) is 59.4 Å². The number of amides is 2. The van der Waals surface area contributed by atoms with Crippen LogP contribution in [0.25, 0.3) is 17.1 Å². The number of carbonyl (C=O) groups is 2. The molecule has 1 aromatic heterocycles. The maximum Gasteiger partial charge on any atom is 0.326 e. The van der Waals surface area contributed by atoms with Gasteiger partial charge < -0.3 is 15.2 Å². The summed E-state index contributed by atoms with van der Waals surface area (Å²) in [7, 11) is 3.41. The van der Waals surface area contributed by atoms with Crippen molar-refractivity contribution in [3.63, 3.8) is 0 Å². The summed E-state index contributed by atoms with van der Waals surface area (Å²) in [6.07, 6.45) is 3.80. The van der Waals surface area contributed by atoms with Gasteiger partial charge in [-0.05, 0) is 42.3 Å². The van der Waals surface area contributed by atoms with Crippen molar-refractivity contribution in [1.29, 1.82) is 0 Å². The summed E-state index contributed by atoms with van der Waals surface area (Å²) in [6, 6.07) is 14.6. The van der Waals surface area contributed by atoms with E-state index in [4.69, 9.17) is 0 Å². The normalized spacial score (nSPS) is 11.1. The lowest BCUT2D eigenvalue weighted by Crippen LogP contribution is -2.25. The summed E-state index contributed by atoms with van der Waals surface area (Å²) in [5.41, 5.74) is 2.96. The molecule has 3 rings (SSSR count). The first kappa shape index (κ1) is 20.1. The monoisotopic (exact) mass is 392 g/mol. The van der Waals surface area contributed by atoms with E-state index in [1.54, 1.807) is 49.0 Å². The van der Waals surface area contributed by atoms with E-state index in [-0.39, 0.29) is 17.5 Å². The highest BCUT2D eigenvalue weighted by atomic mass is 16.2. The number of carbonyl (C=O) groups excluding carboxylic acids is 2. The zero-order chi connectivity index (χ0) is 20.8. The zero-order valence-electron chi connectivity index (χ0n) is 16.5. The van der Waals surface area contributed by atoms with E-state index in [0.29, 0.717) is 25.1 Å². The third-order valence-electron chi connectivity index (χ3n) is 4.53. The van der Waals surface area contributed by atoms with E-state index >= 15 is 0 Å². The largest absolute Gasteiger partial charge is 0.352 e. The van der Waals surface area contributed by atoms with Gasteiger partial charge >= 0.3 is 5.69 Å². The van der Waals surface area contributed by atoms with Gasteiger partial charge in [-0.1, -0.05) is 24.3 Å². The number of imidazole rings is 1. The van der Waals surface area contributed by atoms with Gasteiger partial charge in [0.15, 0.2) is 0 Å². The minimum atomic E-state index is -0.204. The molecule has 0 unspecified atom stereocenters. The number of aromatic amines is 1. The Labute approximate surface area is 168 Å². The molecule has 0 saturated carbocycles. The highest BCUT2D eigenvalue weighted by Gasteiger charge is 2.07. The van der Waals surface area contributed by atoms with E-state index < -0.39 is 0 Å². The first-order valence-electron chi connectivity index (χ1n) is 9.41. The molecule has 150 valence electrons. The number of benzene rings is 2. The van der Waals surface area contributed by atoms with E-state index in [1.807, 2.05) is 24.3 Å². The first-order valence-corrected chi connectivity index (χ1v) is 9.41. The molecule has 0 aliphatic heterocycles. The topological polar surface area (TPSA) is 87.2 Å². The van der Waals surface area contributed by atoms with Gasteiger partial charge in [-0.15, -0.1) is 0 Å². The Morgan fingerprint density at radius 2 is 1.83 bits per heavy atom. The van der Waals surface area contributed by atoms with Gasteiger partial charge in [0, 0.05) is 38.8 Å². The lowest BCUT2D eigenvalue weighted by Gasteiger charge is -2.09. The number of hydrogen-bond acceptors (Lipinski definition) is 3. The van der Waals surface area contributed by atoms with Crippen molar-refractivity contribution < 1.29 is 9.59 Å². The second kappa shape index (κ2) is 9.05. The minimum Gasteiger partial charge on any atom is -0.352 e. The number of aryl methyl sites for hydroxylation is 1. The van der Waals surface area contributed by atoms with E-state index in [2.05, 4.69) is 10.3 Å². The van der Waals surface area contributed by atoms with Crippen LogP contribution in [0.2, 0.25) is 0 Å². The molecule has 0 radical (unpaired) electrons. The molecule has 2 aromatic carbocycles. The second-order valence-electron chi connectivity index (χ2n) is 6.90. The molecule has 2 N–H and O–H groups in total. The molecule has 7 heteroatoms. The van der Waals surface area contributed by atoms with E-state index in [9.17, 15) is 14.4 Å². The number of nitrogens with one attached hydrogen (secondary N) is 2. The van der Waals surface area contributed by atoms with Gasteiger partial charge in [0.05, 0.1) is 11.0 Å². The highest BCUT2D eigenvalue weighted by Crippen LogP contribution is 2.09. The van der Waals surface area contributed by atoms with Crippen LogP contribution in [-0.2, 0) is 11.3 Å². The van der Waals surface area contributed by atoms with Crippen molar-refractivity contribution in [3.8, 4) is 0 Å². The minimum absolute atomic E-state index is 0.0624. The van der Waals surface area contributed by atoms with Gasteiger partial charge in [0.25, 0.3) is 5.91 Å². The van der Waals surface area contributed by atoms with Gasteiger partial charge in [-0.25, -0.2) is 4.79 Å². The molecule has 2 amide bonds. The number of nitrogens with zero attached hydrogens (tertiary/aromatic N) is 2. The van der Waals surface area contributed by atoms with Crippen LogP contribution in [0.1, 0.15) is 22.3 Å². The summed E-state index contributed by atoms with van der Waals surface area (Å²) in [6.45, 7) is 0.986. The van der Waals surface area contributed by atoms with Gasteiger partial charge in [0.1, 0.15) is 0 Å². The summed E-state index contributed by atoms with van der Waals surface area (Å²) < 4.78 is 1.67. The maximum atomic E-state index is 12.0. The molecular formula is C22H24N4O3. The number of hydrogen-bond donors (Lipinski definition) is 2. The van der Waals surface area contributed by atoms with Crippen LogP contribution in [0.3, 0.4) is 0 Å². The molecule has 0 aliphatic carbocycles. The van der Waals surface area contributed by atoms with Crippen LogP contribution < -0.4 is 11.0 Å². The fourth-order valence-electron chi connectivity index (χ4n) is 3.00. The van der Waals surface area contributed by atoms with E-state index in [0.717, 1.165) is 16.6 Å². The van der Waals surface area contributed by atoms with Crippen molar-refractivity contribution in [2.75, 3.05) is 20.6 Å². The molecule has 7 nitrogen and oxygen atoms in total. The Bertz CT molecular complexity index is 1090. The average Bonchev–Trinajstić information content (AvgIpc) is 3.04. The Morgan fingerprint density at radius 3 is 2.55 bits per heavy atom.